The first-order valence-corrected chi connectivity index (χ1v) is 8.21. The largest absolute Gasteiger partial charge is 0.449 e. The summed E-state index contributed by atoms with van der Waals surface area (Å²) in [5.41, 5.74) is 0.593. The predicted molar refractivity (Wildman–Crippen MR) is 93.9 cm³/mol. The zero-order valence-electron chi connectivity index (χ0n) is 13.7. The first-order chi connectivity index (χ1) is 11.9. The second-order valence-corrected chi connectivity index (χ2v) is 5.96. The molecule has 1 heterocycles. The lowest BCUT2D eigenvalue weighted by atomic mass is 10.2. The molecule has 1 N–H and O–H groups in total. The van der Waals surface area contributed by atoms with E-state index in [-0.39, 0.29) is 5.76 Å². The van der Waals surface area contributed by atoms with Gasteiger partial charge in [0.05, 0.1) is 11.6 Å². The summed E-state index contributed by atoms with van der Waals surface area (Å²) in [6.45, 7) is 2.17. The number of esters is 1. The second kappa shape index (κ2) is 8.89. The Morgan fingerprint density at radius 2 is 2.00 bits per heavy atom. The van der Waals surface area contributed by atoms with E-state index in [1.54, 1.807) is 24.3 Å². The van der Waals surface area contributed by atoms with Crippen LogP contribution in [-0.4, -0.2) is 38.2 Å². The number of methoxy groups -OCH3 is 1. The van der Waals surface area contributed by atoms with Gasteiger partial charge in [0.15, 0.2) is 6.10 Å². The van der Waals surface area contributed by atoms with Gasteiger partial charge >= 0.3 is 5.97 Å². The summed E-state index contributed by atoms with van der Waals surface area (Å²) in [5, 5.41) is 3.47. The van der Waals surface area contributed by atoms with E-state index in [1.165, 1.54) is 20.1 Å². The molecule has 0 aliphatic rings. The van der Waals surface area contributed by atoms with Crippen LogP contribution in [0.4, 0.5) is 0 Å². The molecule has 2 rings (SSSR count). The number of benzene rings is 1. The lowest BCUT2D eigenvalue weighted by Crippen LogP contribution is -2.37. The van der Waals surface area contributed by atoms with Gasteiger partial charge in [-0.1, -0.05) is 23.2 Å². The minimum absolute atomic E-state index is 0.0300. The number of ether oxygens (including phenoxy) is 2. The third-order valence-electron chi connectivity index (χ3n) is 3.26. The minimum Gasteiger partial charge on any atom is -0.449 e. The van der Waals surface area contributed by atoms with Crippen molar-refractivity contribution in [1.29, 1.82) is 0 Å². The molecule has 1 aromatic heterocycles. The van der Waals surface area contributed by atoms with Crippen molar-refractivity contribution in [1.82, 2.24) is 5.32 Å². The molecular weight excluding hydrogens is 369 g/mol. The summed E-state index contributed by atoms with van der Waals surface area (Å²) in [6, 6.07) is 7.97. The summed E-state index contributed by atoms with van der Waals surface area (Å²) in [4.78, 5) is 23.9. The fourth-order valence-corrected chi connectivity index (χ4v) is 2.48. The van der Waals surface area contributed by atoms with Crippen molar-refractivity contribution in [2.75, 3.05) is 20.3 Å². The zero-order chi connectivity index (χ0) is 18.4. The van der Waals surface area contributed by atoms with Crippen LogP contribution >= 0.6 is 23.2 Å². The molecule has 0 aliphatic carbocycles. The van der Waals surface area contributed by atoms with E-state index in [1.807, 2.05) is 0 Å². The number of nitrogens with one attached hydrogen (secondary N) is 1. The fraction of sp³-hybridized carbons (Fsp3) is 0.294. The third kappa shape index (κ3) is 5.22. The van der Waals surface area contributed by atoms with Crippen molar-refractivity contribution < 1.29 is 23.5 Å². The molecule has 1 amide bonds. The van der Waals surface area contributed by atoms with Gasteiger partial charge in [-0.2, -0.15) is 0 Å². The molecule has 0 spiro atoms. The SMILES string of the molecule is COCCNC(=O)[C@@H](C)OC(=O)c1ccc(-c2ccc(Cl)cc2Cl)o1. The molecule has 2 aromatic rings. The number of halogens is 2. The average Bonchev–Trinajstić information content (AvgIpc) is 3.04. The second-order valence-electron chi connectivity index (χ2n) is 5.12. The van der Waals surface area contributed by atoms with Gasteiger partial charge in [-0.25, -0.2) is 4.79 Å². The van der Waals surface area contributed by atoms with Crippen LogP contribution in [0, 0.1) is 0 Å². The van der Waals surface area contributed by atoms with Crippen molar-refractivity contribution in [3.05, 3.63) is 46.1 Å². The van der Waals surface area contributed by atoms with Gasteiger partial charge in [-0.05, 0) is 37.3 Å². The maximum absolute atomic E-state index is 12.1. The van der Waals surface area contributed by atoms with Crippen molar-refractivity contribution in [2.24, 2.45) is 0 Å². The molecule has 25 heavy (non-hydrogen) atoms. The number of hydrogen-bond donors (Lipinski definition) is 1. The normalized spacial score (nSPS) is 11.8. The van der Waals surface area contributed by atoms with Crippen LogP contribution in [0.5, 0.6) is 0 Å². The fourth-order valence-electron chi connectivity index (χ4n) is 1.97. The maximum atomic E-state index is 12.1. The smallest absolute Gasteiger partial charge is 0.375 e. The Bertz CT molecular complexity index is 759. The van der Waals surface area contributed by atoms with Gasteiger partial charge in [0.1, 0.15) is 5.76 Å². The van der Waals surface area contributed by atoms with Crippen LogP contribution < -0.4 is 5.32 Å². The highest BCUT2D eigenvalue weighted by atomic mass is 35.5. The highest BCUT2D eigenvalue weighted by molar-refractivity contribution is 6.36. The lowest BCUT2D eigenvalue weighted by molar-refractivity contribution is -0.129. The molecular formula is C17H17Cl2NO5. The lowest BCUT2D eigenvalue weighted by Gasteiger charge is -2.12. The van der Waals surface area contributed by atoms with Gasteiger partial charge < -0.3 is 19.2 Å². The monoisotopic (exact) mass is 385 g/mol. The molecule has 8 heteroatoms. The summed E-state index contributed by atoms with van der Waals surface area (Å²) in [6.07, 6.45) is -0.961. The number of amides is 1. The Hall–Kier alpha value is -2.02. The molecule has 0 aliphatic heterocycles. The number of carbonyl (C=O) groups excluding carboxylic acids is 2. The van der Waals surface area contributed by atoms with Crippen LogP contribution in [-0.2, 0) is 14.3 Å². The average molecular weight is 386 g/mol. The highest BCUT2D eigenvalue weighted by Gasteiger charge is 2.21. The summed E-state index contributed by atoms with van der Waals surface area (Å²) < 4.78 is 15.4. The minimum atomic E-state index is -0.961. The quantitative estimate of drug-likeness (QED) is 0.582. The highest BCUT2D eigenvalue weighted by Crippen LogP contribution is 2.31. The molecule has 134 valence electrons. The van der Waals surface area contributed by atoms with E-state index in [0.29, 0.717) is 34.5 Å². The van der Waals surface area contributed by atoms with E-state index >= 15 is 0 Å². The molecule has 0 saturated heterocycles. The van der Waals surface area contributed by atoms with E-state index in [4.69, 9.17) is 37.1 Å². The van der Waals surface area contributed by atoms with Gasteiger partial charge in [0, 0.05) is 24.2 Å². The Kier molecular flexibility index (Phi) is 6.87. The Morgan fingerprint density at radius 3 is 2.68 bits per heavy atom. The van der Waals surface area contributed by atoms with Crippen LogP contribution in [0.25, 0.3) is 11.3 Å². The Balaban J connectivity index is 2.01. The van der Waals surface area contributed by atoms with Gasteiger partial charge in [0.2, 0.25) is 5.76 Å². The van der Waals surface area contributed by atoms with Crippen molar-refractivity contribution >= 4 is 35.1 Å². The molecule has 1 atom stereocenters. The zero-order valence-corrected chi connectivity index (χ0v) is 15.2. The van der Waals surface area contributed by atoms with Crippen LogP contribution in [0.15, 0.2) is 34.7 Å². The van der Waals surface area contributed by atoms with Gasteiger partial charge in [-0.15, -0.1) is 0 Å². The number of hydrogen-bond acceptors (Lipinski definition) is 5. The number of rotatable bonds is 7. The van der Waals surface area contributed by atoms with E-state index in [9.17, 15) is 9.59 Å². The standard InChI is InChI=1S/C17H17Cl2NO5/c1-10(16(21)20-7-8-23-2)24-17(22)15-6-5-14(25-15)12-4-3-11(18)9-13(12)19/h3-6,9-10H,7-8H2,1-2H3,(H,20,21)/t10-/m1/s1. The van der Waals surface area contributed by atoms with Crippen LogP contribution in [0.3, 0.4) is 0 Å². The van der Waals surface area contributed by atoms with Gasteiger partial charge in [0.25, 0.3) is 5.91 Å². The molecule has 0 saturated carbocycles. The van der Waals surface area contributed by atoms with Gasteiger partial charge in [-0.3, -0.25) is 4.79 Å². The Labute approximate surface area is 155 Å². The molecule has 0 bridgehead atoms. The molecule has 0 radical (unpaired) electrons. The van der Waals surface area contributed by atoms with Crippen LogP contribution in [0.1, 0.15) is 17.5 Å². The van der Waals surface area contributed by atoms with Crippen molar-refractivity contribution in [3.63, 3.8) is 0 Å². The molecule has 0 unspecified atom stereocenters. The molecule has 1 aromatic carbocycles. The topological polar surface area (TPSA) is 77.8 Å². The molecule has 0 fully saturated rings. The Morgan fingerprint density at radius 1 is 1.24 bits per heavy atom. The predicted octanol–water partition coefficient (Wildman–Crippen LogP) is 3.56. The first kappa shape index (κ1) is 19.3. The van der Waals surface area contributed by atoms with E-state index in [2.05, 4.69) is 5.32 Å². The van der Waals surface area contributed by atoms with E-state index in [0.717, 1.165) is 0 Å². The van der Waals surface area contributed by atoms with Crippen molar-refractivity contribution in [2.45, 2.75) is 13.0 Å². The number of carbonyl (C=O) groups is 2. The summed E-state index contributed by atoms with van der Waals surface area (Å²) >= 11 is 12.0. The van der Waals surface area contributed by atoms with E-state index < -0.39 is 18.0 Å². The summed E-state index contributed by atoms with van der Waals surface area (Å²) in [7, 11) is 1.52. The molecule has 6 nitrogen and oxygen atoms in total. The number of furan rings is 1. The third-order valence-corrected chi connectivity index (χ3v) is 3.81. The first-order valence-electron chi connectivity index (χ1n) is 7.45. The van der Waals surface area contributed by atoms with Crippen molar-refractivity contribution in [3.8, 4) is 11.3 Å². The van der Waals surface area contributed by atoms with Crippen LogP contribution in [0.2, 0.25) is 10.0 Å². The summed E-state index contributed by atoms with van der Waals surface area (Å²) in [5.74, 6) is -0.799. The maximum Gasteiger partial charge on any atom is 0.375 e.